The molecule has 0 atom stereocenters. The smallest absolute Gasteiger partial charge is 0.306 e. The normalized spacial score (nSPS) is 13.1. The van der Waals surface area contributed by atoms with Crippen LogP contribution in [0.3, 0.4) is 0 Å². The molecular formula is C16H17N3OS. The fourth-order valence-corrected chi connectivity index (χ4v) is 3.15. The predicted molar refractivity (Wildman–Crippen MR) is 87.1 cm³/mol. The molecule has 0 radical (unpaired) electrons. The molecule has 1 N–H and O–H groups in total. The number of amides is 2. The van der Waals surface area contributed by atoms with E-state index in [2.05, 4.69) is 35.4 Å². The van der Waals surface area contributed by atoms with Gasteiger partial charge in [0.15, 0.2) is 0 Å². The van der Waals surface area contributed by atoms with Crippen LogP contribution in [0.15, 0.2) is 47.6 Å². The van der Waals surface area contributed by atoms with Crippen molar-refractivity contribution in [3.63, 3.8) is 0 Å². The largest absolute Gasteiger partial charge is 0.326 e. The first kappa shape index (κ1) is 13.9. The van der Waals surface area contributed by atoms with Crippen LogP contribution in [-0.4, -0.2) is 23.3 Å². The Bertz CT molecular complexity index is 645. The van der Waals surface area contributed by atoms with E-state index in [1.165, 1.54) is 10.5 Å². The molecule has 0 unspecified atom stereocenters. The number of carbonyl (C=O) groups is 1. The molecule has 1 aromatic heterocycles. The lowest BCUT2D eigenvalue weighted by molar-refractivity contribution is 0.257. The molecule has 2 heterocycles. The quantitative estimate of drug-likeness (QED) is 0.877. The number of hydrogen-bond acceptors (Lipinski definition) is 3. The molecular weight excluding hydrogens is 282 g/mol. The van der Waals surface area contributed by atoms with E-state index in [9.17, 15) is 4.79 Å². The Labute approximate surface area is 128 Å². The highest BCUT2D eigenvalue weighted by Gasteiger charge is 2.25. The van der Waals surface area contributed by atoms with E-state index in [0.717, 1.165) is 30.1 Å². The van der Waals surface area contributed by atoms with Gasteiger partial charge < -0.3 is 5.32 Å². The summed E-state index contributed by atoms with van der Waals surface area (Å²) in [6.45, 7) is 2.85. The number of urea groups is 1. The van der Waals surface area contributed by atoms with E-state index >= 15 is 0 Å². The summed E-state index contributed by atoms with van der Waals surface area (Å²) < 4.78 is 0. The minimum absolute atomic E-state index is 0.0969. The number of benzene rings is 1. The maximum Gasteiger partial charge on any atom is 0.326 e. The molecule has 108 valence electrons. The highest BCUT2D eigenvalue weighted by Crippen LogP contribution is 2.32. The molecule has 0 saturated heterocycles. The Kier molecular flexibility index (Phi) is 4.10. The van der Waals surface area contributed by atoms with Gasteiger partial charge in [0.2, 0.25) is 0 Å². The minimum Gasteiger partial charge on any atom is -0.306 e. The third-order valence-electron chi connectivity index (χ3n) is 3.42. The Balaban J connectivity index is 1.79. The first-order valence-corrected chi connectivity index (χ1v) is 8.01. The number of nitrogens with one attached hydrogen (secondary N) is 1. The highest BCUT2D eigenvalue weighted by atomic mass is 32.2. The third-order valence-corrected chi connectivity index (χ3v) is 4.30. The fraction of sp³-hybridized carbons (Fsp3) is 0.250. The Hall–Kier alpha value is -2.01. The number of pyridine rings is 1. The molecule has 5 heteroatoms. The van der Waals surface area contributed by atoms with E-state index in [4.69, 9.17) is 0 Å². The average Bonchev–Trinajstić information content (AvgIpc) is 2.92. The van der Waals surface area contributed by atoms with Crippen molar-refractivity contribution < 1.29 is 4.79 Å². The first-order valence-electron chi connectivity index (χ1n) is 7.02. The summed E-state index contributed by atoms with van der Waals surface area (Å²) in [6.07, 6.45) is 4.25. The number of nitrogens with zero attached hydrogens (tertiary/aromatic N) is 2. The van der Waals surface area contributed by atoms with Gasteiger partial charge in [-0.1, -0.05) is 13.0 Å². The van der Waals surface area contributed by atoms with E-state index in [0.29, 0.717) is 0 Å². The predicted octanol–water partition coefficient (Wildman–Crippen LogP) is 3.79. The van der Waals surface area contributed by atoms with Crippen LogP contribution in [0, 0.1) is 0 Å². The van der Waals surface area contributed by atoms with Gasteiger partial charge in [0.1, 0.15) is 0 Å². The summed E-state index contributed by atoms with van der Waals surface area (Å²) in [5.41, 5.74) is 2.97. The molecule has 1 aromatic carbocycles. The average molecular weight is 299 g/mol. The summed E-state index contributed by atoms with van der Waals surface area (Å²) in [5.74, 6) is 1.03. The Morgan fingerprint density at radius 1 is 1.43 bits per heavy atom. The SMILES string of the molecule is CCSc1ccc2c(c1)N(C(=O)Nc1cccnc1)CC2. The molecule has 4 nitrogen and oxygen atoms in total. The van der Waals surface area contributed by atoms with Gasteiger partial charge in [0.05, 0.1) is 11.9 Å². The second-order valence-electron chi connectivity index (χ2n) is 4.80. The van der Waals surface area contributed by atoms with Gasteiger partial charge in [0.25, 0.3) is 0 Å². The maximum absolute atomic E-state index is 12.4. The second kappa shape index (κ2) is 6.18. The number of thioether (sulfide) groups is 1. The van der Waals surface area contributed by atoms with Crippen molar-refractivity contribution >= 4 is 29.2 Å². The third kappa shape index (κ3) is 3.03. The van der Waals surface area contributed by atoms with Crippen molar-refractivity contribution in [3.05, 3.63) is 48.3 Å². The zero-order valence-electron chi connectivity index (χ0n) is 11.9. The molecule has 0 aliphatic carbocycles. The lowest BCUT2D eigenvalue weighted by Crippen LogP contribution is -2.33. The maximum atomic E-state index is 12.4. The molecule has 0 fully saturated rings. The molecule has 0 spiro atoms. The van der Waals surface area contributed by atoms with E-state index in [1.807, 2.05) is 17.0 Å². The standard InChI is InChI=1S/C16H17N3OS/c1-2-21-14-6-5-12-7-9-19(15(12)10-14)16(20)18-13-4-3-8-17-11-13/h3-6,8,10-11H,2,7,9H2,1H3,(H,18,20). The van der Waals surface area contributed by atoms with Gasteiger partial charge in [0, 0.05) is 23.3 Å². The van der Waals surface area contributed by atoms with E-state index < -0.39 is 0 Å². The highest BCUT2D eigenvalue weighted by molar-refractivity contribution is 7.99. The number of fused-ring (bicyclic) bond motifs is 1. The summed E-state index contributed by atoms with van der Waals surface area (Å²) in [4.78, 5) is 19.5. The molecule has 0 saturated carbocycles. The van der Waals surface area contributed by atoms with Crippen molar-refractivity contribution in [2.75, 3.05) is 22.5 Å². The van der Waals surface area contributed by atoms with Crippen LogP contribution in [-0.2, 0) is 6.42 Å². The van der Waals surface area contributed by atoms with Crippen molar-refractivity contribution in [2.45, 2.75) is 18.2 Å². The Morgan fingerprint density at radius 3 is 3.10 bits per heavy atom. The molecule has 0 bridgehead atoms. The summed E-state index contributed by atoms with van der Waals surface area (Å²) in [7, 11) is 0. The van der Waals surface area contributed by atoms with Crippen LogP contribution in [0.4, 0.5) is 16.2 Å². The van der Waals surface area contributed by atoms with Crippen LogP contribution in [0.1, 0.15) is 12.5 Å². The van der Waals surface area contributed by atoms with Gasteiger partial charge in [-0.05, 0) is 42.0 Å². The van der Waals surface area contributed by atoms with E-state index in [-0.39, 0.29) is 6.03 Å². The van der Waals surface area contributed by atoms with Gasteiger partial charge >= 0.3 is 6.03 Å². The lowest BCUT2D eigenvalue weighted by atomic mass is 10.2. The van der Waals surface area contributed by atoms with Gasteiger partial charge in [-0.25, -0.2) is 4.79 Å². The fourth-order valence-electron chi connectivity index (χ4n) is 2.45. The Morgan fingerprint density at radius 2 is 2.33 bits per heavy atom. The lowest BCUT2D eigenvalue weighted by Gasteiger charge is -2.18. The summed E-state index contributed by atoms with van der Waals surface area (Å²) in [5, 5.41) is 2.89. The van der Waals surface area contributed by atoms with Crippen molar-refractivity contribution in [3.8, 4) is 0 Å². The molecule has 3 rings (SSSR count). The summed E-state index contributed by atoms with van der Waals surface area (Å²) in [6, 6.07) is 9.93. The van der Waals surface area contributed by atoms with Crippen LogP contribution < -0.4 is 10.2 Å². The van der Waals surface area contributed by atoms with E-state index in [1.54, 1.807) is 24.2 Å². The minimum atomic E-state index is -0.0969. The van der Waals surface area contributed by atoms with Crippen LogP contribution >= 0.6 is 11.8 Å². The molecule has 1 aliphatic heterocycles. The monoisotopic (exact) mass is 299 g/mol. The van der Waals surface area contributed by atoms with Crippen LogP contribution in [0.25, 0.3) is 0 Å². The number of hydrogen-bond donors (Lipinski definition) is 1. The molecule has 2 aromatic rings. The summed E-state index contributed by atoms with van der Waals surface area (Å²) >= 11 is 1.79. The number of aromatic nitrogens is 1. The first-order chi connectivity index (χ1) is 10.3. The van der Waals surface area contributed by atoms with Crippen LogP contribution in [0.5, 0.6) is 0 Å². The van der Waals surface area contributed by atoms with Crippen LogP contribution in [0.2, 0.25) is 0 Å². The number of rotatable bonds is 3. The zero-order valence-corrected chi connectivity index (χ0v) is 12.7. The van der Waals surface area contributed by atoms with Crippen molar-refractivity contribution in [2.24, 2.45) is 0 Å². The van der Waals surface area contributed by atoms with Gasteiger partial charge in [-0.15, -0.1) is 11.8 Å². The zero-order chi connectivity index (χ0) is 14.7. The van der Waals surface area contributed by atoms with Gasteiger partial charge in [-0.3, -0.25) is 9.88 Å². The van der Waals surface area contributed by atoms with Crippen molar-refractivity contribution in [1.82, 2.24) is 4.98 Å². The molecule has 2 amide bonds. The topological polar surface area (TPSA) is 45.2 Å². The number of anilines is 2. The second-order valence-corrected chi connectivity index (χ2v) is 6.13. The molecule has 1 aliphatic rings. The number of carbonyl (C=O) groups excluding carboxylic acids is 1. The van der Waals surface area contributed by atoms with Gasteiger partial charge in [-0.2, -0.15) is 0 Å². The molecule has 21 heavy (non-hydrogen) atoms. The van der Waals surface area contributed by atoms with Crippen molar-refractivity contribution in [1.29, 1.82) is 0 Å².